The summed E-state index contributed by atoms with van der Waals surface area (Å²) >= 11 is 0. The van der Waals surface area contributed by atoms with Crippen molar-refractivity contribution in [1.29, 1.82) is 0 Å². The second-order valence-electron chi connectivity index (χ2n) is 11.2. The Kier molecular flexibility index (Phi) is 10.5. The van der Waals surface area contributed by atoms with Gasteiger partial charge in [0.05, 0.1) is 48.1 Å². The van der Waals surface area contributed by atoms with E-state index in [9.17, 15) is 39.6 Å². The van der Waals surface area contributed by atoms with Crippen LogP contribution in [0.25, 0.3) is 11.0 Å². The Morgan fingerprint density at radius 3 is 2.50 bits per heavy atom. The number of benzene rings is 2. The minimum Gasteiger partial charge on any atom is -0.495 e. The third kappa shape index (κ3) is 9.29. The Hall–Kier alpha value is -3.97. The summed E-state index contributed by atoms with van der Waals surface area (Å²) in [4.78, 5) is 19.3. The molecular formula is C30H33F6N5O4S. The number of aromatic nitrogens is 2. The van der Waals surface area contributed by atoms with Crippen LogP contribution in [0.3, 0.4) is 0 Å². The second-order valence-corrected chi connectivity index (χ2v) is 13.2. The van der Waals surface area contributed by atoms with Gasteiger partial charge in [-0.15, -0.1) is 0 Å². The molecule has 2 aromatic carbocycles. The monoisotopic (exact) mass is 673 g/mol. The summed E-state index contributed by atoms with van der Waals surface area (Å²) < 4.78 is 108. The van der Waals surface area contributed by atoms with Gasteiger partial charge in [-0.3, -0.25) is 4.79 Å². The molecule has 1 amide bonds. The zero-order valence-corrected chi connectivity index (χ0v) is 26.0. The predicted octanol–water partition coefficient (Wildman–Crippen LogP) is 4.87. The summed E-state index contributed by atoms with van der Waals surface area (Å²) in [5.41, 5.74) is 0.681. The summed E-state index contributed by atoms with van der Waals surface area (Å²) in [7, 11) is -2.08. The Morgan fingerprint density at radius 2 is 1.87 bits per heavy atom. The Bertz CT molecular complexity index is 1740. The van der Waals surface area contributed by atoms with Gasteiger partial charge in [0.1, 0.15) is 17.8 Å². The van der Waals surface area contributed by atoms with Crippen molar-refractivity contribution in [3.8, 4) is 17.6 Å². The largest absolute Gasteiger partial charge is 0.495 e. The van der Waals surface area contributed by atoms with Gasteiger partial charge >= 0.3 is 12.4 Å². The van der Waals surface area contributed by atoms with Crippen LogP contribution in [0, 0.1) is 17.8 Å². The number of amides is 1. The fourth-order valence-electron chi connectivity index (χ4n) is 5.25. The molecular weight excluding hydrogens is 640 g/mol. The molecule has 250 valence electrons. The van der Waals surface area contributed by atoms with E-state index in [0.29, 0.717) is 30.9 Å². The molecule has 1 saturated heterocycles. The molecule has 1 aliphatic heterocycles. The van der Waals surface area contributed by atoms with Crippen molar-refractivity contribution < 1.29 is 44.3 Å². The molecule has 2 atom stereocenters. The number of imidazole rings is 1. The first-order valence-electron chi connectivity index (χ1n) is 14.2. The van der Waals surface area contributed by atoms with E-state index < -0.39 is 41.1 Å². The van der Waals surface area contributed by atoms with Gasteiger partial charge in [-0.05, 0) is 42.7 Å². The fourth-order valence-corrected chi connectivity index (χ4v) is 5.90. The van der Waals surface area contributed by atoms with E-state index in [1.54, 1.807) is 4.90 Å². The number of likely N-dealkylation sites (tertiary alicyclic amines) is 1. The van der Waals surface area contributed by atoms with Crippen molar-refractivity contribution >= 4 is 32.5 Å². The number of sulfone groups is 1. The van der Waals surface area contributed by atoms with E-state index in [0.717, 1.165) is 17.2 Å². The van der Waals surface area contributed by atoms with Crippen LogP contribution in [0.4, 0.5) is 32.0 Å². The minimum absolute atomic E-state index is 0.00454. The molecule has 3 aromatic rings. The standard InChI is InChI=1S/C30H33F6N5O4S/c1-19-16-40(12-9-29(31,32)33)11-8-23(19)39-28(42)22-13-20(14-25-27(22)38-18-41(25)17-30(34,35)36)5-4-10-37-24-15-21(46(3,43)44)6-7-26(24)45-2/h6-7,13-15,18-19,23,37H,8-12,16-17H2,1-3H3,(H,39,42)/t19-,23-/m0/s1. The van der Waals surface area contributed by atoms with Gasteiger partial charge < -0.3 is 24.8 Å². The number of rotatable bonds is 9. The average molecular weight is 674 g/mol. The zero-order chi connectivity index (χ0) is 33.9. The van der Waals surface area contributed by atoms with Crippen molar-refractivity contribution in [2.75, 3.05) is 44.9 Å². The van der Waals surface area contributed by atoms with E-state index in [-0.39, 0.29) is 52.1 Å². The molecule has 46 heavy (non-hydrogen) atoms. The van der Waals surface area contributed by atoms with Crippen LogP contribution in [0.5, 0.6) is 5.75 Å². The van der Waals surface area contributed by atoms with Gasteiger partial charge in [0.15, 0.2) is 9.84 Å². The Labute approximate surface area is 262 Å². The van der Waals surface area contributed by atoms with Gasteiger partial charge in [0.2, 0.25) is 0 Å². The van der Waals surface area contributed by atoms with Gasteiger partial charge in [-0.1, -0.05) is 18.8 Å². The average Bonchev–Trinajstić information content (AvgIpc) is 3.34. The van der Waals surface area contributed by atoms with E-state index in [1.165, 1.54) is 37.4 Å². The number of carbonyl (C=O) groups excluding carboxylic acids is 1. The molecule has 16 heteroatoms. The molecule has 0 radical (unpaired) electrons. The second kappa shape index (κ2) is 13.8. The summed E-state index contributed by atoms with van der Waals surface area (Å²) in [5, 5.41) is 5.85. The van der Waals surface area contributed by atoms with Gasteiger partial charge in [-0.2, -0.15) is 26.3 Å². The van der Waals surface area contributed by atoms with Crippen LogP contribution in [0.1, 0.15) is 35.7 Å². The Balaban J connectivity index is 1.57. The number of nitrogens with zero attached hydrogens (tertiary/aromatic N) is 3. The van der Waals surface area contributed by atoms with Gasteiger partial charge in [-0.25, -0.2) is 13.4 Å². The van der Waals surface area contributed by atoms with Crippen LogP contribution >= 0.6 is 0 Å². The third-order valence-electron chi connectivity index (χ3n) is 7.54. The molecule has 0 unspecified atom stereocenters. The number of anilines is 1. The van der Waals surface area contributed by atoms with Crippen LogP contribution in [-0.2, 0) is 16.4 Å². The number of alkyl halides is 6. The van der Waals surface area contributed by atoms with E-state index in [4.69, 9.17) is 4.74 Å². The first kappa shape index (κ1) is 34.9. The quantitative estimate of drug-likeness (QED) is 0.247. The van der Waals surface area contributed by atoms with Crippen LogP contribution in [0.15, 0.2) is 41.6 Å². The number of hydrogen-bond donors (Lipinski definition) is 2. The van der Waals surface area contributed by atoms with Crippen LogP contribution < -0.4 is 15.4 Å². The molecule has 0 aliphatic carbocycles. The lowest BCUT2D eigenvalue weighted by Crippen LogP contribution is -2.50. The smallest absolute Gasteiger partial charge is 0.406 e. The summed E-state index contributed by atoms with van der Waals surface area (Å²) in [6.45, 7) is 1.01. The molecule has 0 saturated carbocycles. The topological polar surface area (TPSA) is 106 Å². The third-order valence-corrected chi connectivity index (χ3v) is 8.65. The fraction of sp³-hybridized carbons (Fsp3) is 0.467. The minimum atomic E-state index is -4.56. The van der Waals surface area contributed by atoms with Gasteiger partial charge in [0, 0.05) is 37.5 Å². The molecule has 9 nitrogen and oxygen atoms in total. The molecule has 0 bridgehead atoms. The number of carbonyl (C=O) groups is 1. The van der Waals surface area contributed by atoms with Crippen LogP contribution in [0.2, 0.25) is 0 Å². The molecule has 1 aliphatic rings. The van der Waals surface area contributed by atoms with Gasteiger partial charge in [0.25, 0.3) is 5.91 Å². The SMILES string of the molecule is COc1ccc(S(C)(=O)=O)cc1NCC#Cc1cc(C(=O)N[C@H]2CCN(CCC(F)(F)F)C[C@@H]2C)c2ncn(CC(F)(F)F)c2c1. The van der Waals surface area contributed by atoms with Crippen molar-refractivity contribution in [3.63, 3.8) is 0 Å². The summed E-state index contributed by atoms with van der Waals surface area (Å²) in [5.74, 6) is 5.26. The molecule has 2 N–H and O–H groups in total. The number of ether oxygens (including phenoxy) is 1. The highest BCUT2D eigenvalue weighted by Crippen LogP contribution is 2.28. The highest BCUT2D eigenvalue weighted by atomic mass is 32.2. The van der Waals surface area contributed by atoms with Crippen LogP contribution in [-0.4, -0.2) is 86.7 Å². The van der Waals surface area contributed by atoms with E-state index in [2.05, 4.69) is 27.5 Å². The first-order chi connectivity index (χ1) is 21.4. The summed E-state index contributed by atoms with van der Waals surface area (Å²) in [6, 6.07) is 6.71. The predicted molar refractivity (Wildman–Crippen MR) is 159 cm³/mol. The Morgan fingerprint density at radius 1 is 1.13 bits per heavy atom. The lowest BCUT2D eigenvalue weighted by molar-refractivity contribution is -0.140. The molecule has 4 rings (SSSR count). The highest BCUT2D eigenvalue weighted by molar-refractivity contribution is 7.90. The number of nitrogens with one attached hydrogen (secondary N) is 2. The maximum absolute atomic E-state index is 13.5. The maximum atomic E-state index is 13.5. The van der Waals surface area contributed by atoms with Crippen molar-refractivity contribution in [3.05, 3.63) is 47.8 Å². The number of hydrogen-bond acceptors (Lipinski definition) is 7. The molecule has 0 spiro atoms. The molecule has 1 fully saturated rings. The zero-order valence-electron chi connectivity index (χ0n) is 25.2. The number of piperidine rings is 1. The van der Waals surface area contributed by atoms with E-state index >= 15 is 0 Å². The van der Waals surface area contributed by atoms with E-state index in [1.807, 2.05) is 6.92 Å². The lowest BCUT2D eigenvalue weighted by Gasteiger charge is -2.37. The normalized spacial score (nSPS) is 17.8. The first-order valence-corrected chi connectivity index (χ1v) is 16.1. The number of methoxy groups -OCH3 is 1. The van der Waals surface area contributed by atoms with Crippen molar-refractivity contribution in [2.24, 2.45) is 5.92 Å². The van der Waals surface area contributed by atoms with Crippen molar-refractivity contribution in [2.45, 2.75) is 49.6 Å². The summed E-state index contributed by atoms with van der Waals surface area (Å²) in [6.07, 6.45) is -7.30. The lowest BCUT2D eigenvalue weighted by atomic mass is 9.93. The maximum Gasteiger partial charge on any atom is 0.406 e. The highest BCUT2D eigenvalue weighted by Gasteiger charge is 2.33. The molecule has 1 aromatic heterocycles. The number of halogens is 6. The van der Waals surface area contributed by atoms with Crippen molar-refractivity contribution in [1.82, 2.24) is 19.8 Å². The number of fused-ring (bicyclic) bond motifs is 1. The molecule has 2 heterocycles.